The molecule has 0 bridgehead atoms. The van der Waals surface area contributed by atoms with Crippen molar-refractivity contribution in [3.63, 3.8) is 0 Å². The van der Waals surface area contributed by atoms with E-state index in [1.54, 1.807) is 0 Å². The molecule has 0 radical (unpaired) electrons. The normalized spacial score (nSPS) is 10.6. The van der Waals surface area contributed by atoms with Crippen LogP contribution in [-0.4, -0.2) is 0 Å². The fourth-order valence-electron chi connectivity index (χ4n) is 17.3. The van der Waals surface area contributed by atoms with Crippen LogP contribution in [-0.2, 0) is 51.4 Å². The molecule has 16 aromatic rings. The van der Waals surface area contributed by atoms with Crippen molar-refractivity contribution >= 4 is 0 Å². The first-order valence-electron chi connectivity index (χ1n) is 49.5. The molecular formula is C136H160. The third-order valence-electron chi connectivity index (χ3n) is 27.9. The Hall–Kier alpha value is -12.5. The van der Waals surface area contributed by atoms with Gasteiger partial charge in [0, 0.05) is 0 Å². The van der Waals surface area contributed by atoms with Crippen LogP contribution < -0.4 is 0 Å². The summed E-state index contributed by atoms with van der Waals surface area (Å²) in [5, 5.41) is 0. The van der Waals surface area contributed by atoms with E-state index >= 15 is 0 Å². The van der Waals surface area contributed by atoms with Gasteiger partial charge in [-0.25, -0.2) is 0 Å². The van der Waals surface area contributed by atoms with Crippen LogP contribution in [0, 0.1) is 222 Å². The molecule has 0 spiro atoms. The molecule has 16 aromatic carbocycles. The molecule has 0 aliphatic rings. The quantitative estimate of drug-likeness (QED) is 0.0904. The highest BCUT2D eigenvalue weighted by Crippen LogP contribution is 2.28. The summed E-state index contributed by atoms with van der Waals surface area (Å²) in [6.45, 7) is 69.6. The molecule has 16 rings (SSSR count). The minimum Gasteiger partial charge on any atom is -0.0617 e. The molecule has 0 aliphatic carbocycles. The van der Waals surface area contributed by atoms with E-state index in [0.717, 1.165) is 51.4 Å². The van der Waals surface area contributed by atoms with E-state index in [-0.39, 0.29) is 0 Å². The molecule has 0 saturated heterocycles. The summed E-state index contributed by atoms with van der Waals surface area (Å²) >= 11 is 0. The van der Waals surface area contributed by atoms with Gasteiger partial charge in [-0.15, -0.1) is 0 Å². The Labute approximate surface area is 825 Å². The topological polar surface area (TPSA) is 0 Å². The van der Waals surface area contributed by atoms with Gasteiger partial charge in [-0.3, -0.25) is 0 Å². The molecule has 0 nitrogen and oxygen atoms in total. The number of rotatable bonds is 16. The monoisotopic (exact) mass is 1790 g/mol. The predicted molar refractivity (Wildman–Crippen MR) is 597 cm³/mol. The fraction of sp³-hybridized carbons (Fsp3) is 0.294. The van der Waals surface area contributed by atoms with Crippen LogP contribution >= 0.6 is 0 Å². The number of benzene rings is 16. The van der Waals surface area contributed by atoms with E-state index in [0.29, 0.717) is 0 Å². The first-order chi connectivity index (χ1) is 64.5. The zero-order valence-electron chi connectivity index (χ0n) is 89.4. The third kappa shape index (κ3) is 34.1. The third-order valence-corrected chi connectivity index (χ3v) is 27.9. The largest absolute Gasteiger partial charge is 0.0617 e. The van der Waals surface area contributed by atoms with Crippen LogP contribution in [0.5, 0.6) is 0 Å². The molecule has 0 heterocycles. The van der Waals surface area contributed by atoms with Gasteiger partial charge in [0.05, 0.1) is 0 Å². The van der Waals surface area contributed by atoms with Gasteiger partial charge < -0.3 is 0 Å². The Morgan fingerprint density at radius 3 is 0.463 bits per heavy atom. The molecule has 136 heavy (non-hydrogen) atoms. The van der Waals surface area contributed by atoms with Crippen molar-refractivity contribution in [2.75, 3.05) is 0 Å². The highest BCUT2D eigenvalue weighted by Gasteiger charge is 2.12. The zero-order valence-corrected chi connectivity index (χ0v) is 89.4. The maximum Gasteiger partial charge on any atom is -0.00229 e. The van der Waals surface area contributed by atoms with E-state index in [1.165, 1.54) is 267 Å². The molecule has 0 heteroatoms. The van der Waals surface area contributed by atoms with E-state index in [1.807, 2.05) is 0 Å². The maximum absolute atomic E-state index is 2.30. The van der Waals surface area contributed by atoms with Gasteiger partial charge in [0.15, 0.2) is 0 Å². The summed E-state index contributed by atoms with van der Waals surface area (Å²) in [5.74, 6) is 0. The van der Waals surface area contributed by atoms with Crippen LogP contribution in [0.1, 0.15) is 267 Å². The predicted octanol–water partition coefficient (Wildman–Crippen LogP) is 36.1. The van der Waals surface area contributed by atoms with Gasteiger partial charge in [0.25, 0.3) is 0 Å². The summed E-state index contributed by atoms with van der Waals surface area (Å²) in [6, 6.07) is 108. The Morgan fingerprint density at radius 1 is 0.103 bits per heavy atom. The first kappa shape index (κ1) is 107. The molecule has 0 atom stereocenters. The van der Waals surface area contributed by atoms with E-state index in [4.69, 9.17) is 0 Å². The molecule has 704 valence electrons. The van der Waals surface area contributed by atoms with Gasteiger partial charge in [-0.05, 0) is 507 Å². The first-order valence-corrected chi connectivity index (χ1v) is 49.5. The number of aryl methyl sites for hydroxylation is 30. The summed E-state index contributed by atoms with van der Waals surface area (Å²) < 4.78 is 0. The Bertz CT molecular complexity index is 6060. The van der Waals surface area contributed by atoms with Gasteiger partial charge >= 0.3 is 0 Å². The number of hydrogen-bond donors (Lipinski definition) is 0. The van der Waals surface area contributed by atoms with Gasteiger partial charge in [-0.1, -0.05) is 325 Å². The second-order valence-electron chi connectivity index (χ2n) is 40.2. The lowest BCUT2D eigenvalue weighted by atomic mass is 9.96. The van der Waals surface area contributed by atoms with Crippen molar-refractivity contribution in [1.29, 1.82) is 0 Å². The van der Waals surface area contributed by atoms with Crippen LogP contribution in [0.25, 0.3) is 0 Å². The van der Waals surface area contributed by atoms with Crippen molar-refractivity contribution in [2.45, 2.75) is 273 Å². The zero-order chi connectivity index (χ0) is 99.3. The molecule has 0 amide bonds. The van der Waals surface area contributed by atoms with Crippen molar-refractivity contribution < 1.29 is 0 Å². The van der Waals surface area contributed by atoms with Crippen LogP contribution in [0.15, 0.2) is 291 Å². The number of hydrogen-bond acceptors (Lipinski definition) is 0. The summed E-state index contributed by atoms with van der Waals surface area (Å²) in [5.41, 5.74) is 66.6. The summed E-state index contributed by atoms with van der Waals surface area (Å²) in [6.07, 6.45) is 8.27. The van der Waals surface area contributed by atoms with Gasteiger partial charge in [0.1, 0.15) is 0 Å². The van der Waals surface area contributed by atoms with Crippen molar-refractivity contribution in [2.24, 2.45) is 0 Å². The van der Waals surface area contributed by atoms with E-state index in [9.17, 15) is 0 Å². The molecule has 0 N–H and O–H groups in total. The summed E-state index contributed by atoms with van der Waals surface area (Å²) in [7, 11) is 0. The average Bonchev–Trinajstić information content (AvgIpc) is 0.854. The SMILES string of the molecule is Cc1cc(C)cc(Cc2ccc(C)c(C)c2)c1.Cc1cc(C)cc(Cc2ccc(C)c(C)c2)c1.Cc1ccc(C)c(Cc2ccc(C)c(C)c2)c1.Cc1ccc(C)c(Cc2ccc(C)c(C)c2)c1.Cc1ccc(Cc2ccc(C)c(C)c2)cc1C.Cc1ccc(Cc2ccc(C)c(C)c2)cc1C.Cc1ccc(Cc2cccc(C)c2C)cc1C.Cc1ccc(Cc2cccc(C)c2C)cc1C. The highest BCUT2D eigenvalue weighted by atomic mass is 14.2. The Kier molecular flexibility index (Phi) is 40.6. The maximum atomic E-state index is 2.30. The highest BCUT2D eigenvalue weighted by molar-refractivity contribution is 5.47. The van der Waals surface area contributed by atoms with Crippen LogP contribution in [0.2, 0.25) is 0 Å². The van der Waals surface area contributed by atoms with E-state index < -0.39 is 0 Å². The van der Waals surface area contributed by atoms with Crippen molar-refractivity contribution in [3.05, 3.63) is 558 Å². The molecule has 0 saturated carbocycles. The van der Waals surface area contributed by atoms with Crippen LogP contribution in [0.3, 0.4) is 0 Å². The van der Waals surface area contributed by atoms with Gasteiger partial charge in [-0.2, -0.15) is 0 Å². The molecule has 0 aliphatic heterocycles. The average molecular weight is 1790 g/mol. The second kappa shape index (κ2) is 51.5. The second-order valence-corrected chi connectivity index (χ2v) is 40.2. The minimum atomic E-state index is 1.03. The minimum absolute atomic E-state index is 1.03. The van der Waals surface area contributed by atoms with E-state index in [2.05, 4.69) is 513 Å². The Morgan fingerprint density at radius 2 is 0.272 bits per heavy atom. The fourth-order valence-corrected chi connectivity index (χ4v) is 17.3. The lowest BCUT2D eigenvalue weighted by molar-refractivity contribution is 1.12. The summed E-state index contributed by atoms with van der Waals surface area (Å²) in [4.78, 5) is 0. The van der Waals surface area contributed by atoms with Crippen molar-refractivity contribution in [3.8, 4) is 0 Å². The van der Waals surface area contributed by atoms with Gasteiger partial charge in [0.2, 0.25) is 0 Å². The van der Waals surface area contributed by atoms with Crippen molar-refractivity contribution in [1.82, 2.24) is 0 Å². The molecule has 0 aromatic heterocycles. The molecular weight excluding hydrogens is 1630 g/mol. The molecule has 0 unspecified atom stereocenters. The Balaban J connectivity index is 0.000000174. The lowest BCUT2D eigenvalue weighted by Crippen LogP contribution is -1.95. The molecule has 0 fully saturated rings. The lowest BCUT2D eigenvalue weighted by Gasteiger charge is -2.10. The van der Waals surface area contributed by atoms with Crippen LogP contribution in [0.4, 0.5) is 0 Å². The smallest absolute Gasteiger partial charge is 0.00229 e. The standard InChI is InChI=1S/8C17H20/c2*1-12-5-7-16(9-14(12)3)11-17-8-6-13(2)15(4)10-17;2*1-12-7-13(2)9-17(8-12)11-16-6-5-14(3)15(4)10-16;2*1-12-5-6-14(3)17(9-12)11-16-8-7-13(2)15(4)10-16;2*1-12-8-9-16(10-14(12)3)11-17-7-5-6-13(2)15(17)4/h8*5-10H,11H2,1-4H3.